The number of aliphatic hydroxyl groups excluding tert-OH is 2. The minimum atomic E-state index is -0.636. The van der Waals surface area contributed by atoms with E-state index in [-0.39, 0.29) is 29.5 Å². The van der Waals surface area contributed by atoms with Crippen LogP contribution in [0.4, 0.5) is 0 Å². The van der Waals surface area contributed by atoms with Crippen LogP contribution in [0.15, 0.2) is 11.6 Å². The smallest absolute Gasteiger partial charge is 0.0653 e. The molecule has 0 amide bonds. The Kier molecular flexibility index (Phi) is 5.35. The molecule has 3 N–H and O–H groups in total. The number of rotatable bonds is 4. The van der Waals surface area contributed by atoms with Crippen molar-refractivity contribution in [1.29, 1.82) is 0 Å². The Morgan fingerprint density at radius 1 is 1.13 bits per heavy atom. The molecule has 0 bridgehead atoms. The molecule has 2 fully saturated rings. The first-order valence-corrected chi connectivity index (χ1v) is 9.22. The number of aliphatic hydroxyl groups is 3. The fourth-order valence-corrected chi connectivity index (χ4v) is 5.79. The minimum Gasteiger partial charge on any atom is -0.393 e. The van der Waals surface area contributed by atoms with E-state index in [4.69, 9.17) is 5.11 Å². The van der Waals surface area contributed by atoms with Crippen molar-refractivity contribution in [3.8, 4) is 0 Å². The van der Waals surface area contributed by atoms with Crippen LogP contribution < -0.4 is 0 Å². The predicted octanol–water partition coefficient (Wildman–Crippen LogP) is 3.67. The van der Waals surface area contributed by atoms with Gasteiger partial charge in [-0.25, -0.2) is 0 Å². The first-order chi connectivity index (χ1) is 10.6. The third-order valence-corrected chi connectivity index (χ3v) is 7.26. The van der Waals surface area contributed by atoms with Crippen molar-refractivity contribution >= 4 is 0 Å². The van der Waals surface area contributed by atoms with Crippen molar-refractivity contribution in [3.63, 3.8) is 0 Å². The Morgan fingerprint density at radius 3 is 2.39 bits per heavy atom. The van der Waals surface area contributed by atoms with Gasteiger partial charge in [-0.1, -0.05) is 32.4 Å². The van der Waals surface area contributed by atoms with Gasteiger partial charge in [0.25, 0.3) is 0 Å². The number of allylic oxidation sites excluding steroid dienone is 1. The zero-order valence-corrected chi connectivity index (χ0v) is 15.6. The Morgan fingerprint density at radius 2 is 1.78 bits per heavy atom. The summed E-state index contributed by atoms with van der Waals surface area (Å²) in [6.07, 6.45) is 7.14. The van der Waals surface area contributed by atoms with Gasteiger partial charge in [0.15, 0.2) is 0 Å². The van der Waals surface area contributed by atoms with E-state index in [1.165, 1.54) is 5.57 Å². The Labute approximate surface area is 141 Å². The first kappa shape index (κ1) is 19.0. The summed E-state index contributed by atoms with van der Waals surface area (Å²) in [7, 11) is 0. The normalized spacial score (nSPS) is 44.0. The maximum absolute atomic E-state index is 11.1. The molecule has 3 heteroatoms. The number of hydrogen-bond donors (Lipinski definition) is 3. The molecule has 5 atom stereocenters. The third kappa shape index (κ3) is 3.38. The summed E-state index contributed by atoms with van der Waals surface area (Å²) < 4.78 is 0. The molecule has 0 aromatic carbocycles. The monoisotopic (exact) mass is 324 g/mol. The van der Waals surface area contributed by atoms with Crippen molar-refractivity contribution in [2.45, 2.75) is 84.8 Å². The zero-order valence-electron chi connectivity index (χ0n) is 15.6. The maximum atomic E-state index is 11.1. The van der Waals surface area contributed by atoms with Gasteiger partial charge < -0.3 is 15.3 Å². The van der Waals surface area contributed by atoms with Gasteiger partial charge in [-0.3, -0.25) is 0 Å². The van der Waals surface area contributed by atoms with Crippen molar-refractivity contribution in [2.24, 2.45) is 22.7 Å². The SMILES string of the molecule is CC(=CCO)CCC1C(C)(O)CCC2C(C)(C)C(O)CCC12C. The van der Waals surface area contributed by atoms with E-state index in [0.717, 1.165) is 38.5 Å². The molecule has 23 heavy (non-hydrogen) atoms. The molecule has 134 valence electrons. The molecule has 3 nitrogen and oxygen atoms in total. The number of fused-ring (bicyclic) bond motifs is 1. The molecule has 0 spiro atoms. The molecule has 2 aliphatic carbocycles. The second-order valence-corrected chi connectivity index (χ2v) is 9.15. The molecule has 0 aromatic rings. The van der Waals surface area contributed by atoms with E-state index in [0.29, 0.717) is 5.92 Å². The molecule has 0 aliphatic heterocycles. The molecule has 2 saturated carbocycles. The highest BCUT2D eigenvalue weighted by atomic mass is 16.3. The van der Waals surface area contributed by atoms with Crippen molar-refractivity contribution in [1.82, 2.24) is 0 Å². The van der Waals surface area contributed by atoms with E-state index >= 15 is 0 Å². The van der Waals surface area contributed by atoms with Crippen LogP contribution in [0.5, 0.6) is 0 Å². The van der Waals surface area contributed by atoms with Crippen LogP contribution in [-0.2, 0) is 0 Å². The van der Waals surface area contributed by atoms with Gasteiger partial charge in [0.05, 0.1) is 18.3 Å². The third-order valence-electron chi connectivity index (χ3n) is 7.26. The van der Waals surface area contributed by atoms with Crippen LogP contribution in [0.2, 0.25) is 0 Å². The summed E-state index contributed by atoms with van der Waals surface area (Å²) in [6, 6.07) is 0. The highest BCUT2D eigenvalue weighted by molar-refractivity contribution is 5.10. The maximum Gasteiger partial charge on any atom is 0.0653 e. The summed E-state index contributed by atoms with van der Waals surface area (Å²) in [5.41, 5.74) is 0.550. The minimum absolute atomic E-state index is 0.0734. The molecular formula is C20H36O3. The molecule has 0 radical (unpaired) electrons. The summed E-state index contributed by atoms with van der Waals surface area (Å²) in [6.45, 7) is 10.9. The highest BCUT2D eigenvalue weighted by Gasteiger charge is 2.59. The molecule has 2 rings (SSSR count). The molecule has 5 unspecified atom stereocenters. The van der Waals surface area contributed by atoms with Gasteiger partial charge >= 0.3 is 0 Å². The predicted molar refractivity (Wildman–Crippen MR) is 94.0 cm³/mol. The van der Waals surface area contributed by atoms with E-state index in [1.54, 1.807) is 0 Å². The van der Waals surface area contributed by atoms with Gasteiger partial charge in [0.1, 0.15) is 0 Å². The van der Waals surface area contributed by atoms with Crippen molar-refractivity contribution < 1.29 is 15.3 Å². The standard InChI is InChI=1S/C20H36O3/c1-14(10-13-21)6-7-16-19(4)11-9-17(22)18(2,3)15(19)8-12-20(16,5)23/h10,15-17,21-23H,6-9,11-13H2,1-5H3. The fourth-order valence-electron chi connectivity index (χ4n) is 5.79. The lowest BCUT2D eigenvalue weighted by Gasteiger charge is -2.62. The molecular weight excluding hydrogens is 288 g/mol. The van der Waals surface area contributed by atoms with Crippen LogP contribution in [0.1, 0.15) is 73.1 Å². The van der Waals surface area contributed by atoms with Crippen LogP contribution in [0, 0.1) is 22.7 Å². The molecule has 0 aromatic heterocycles. The quantitative estimate of drug-likeness (QED) is 0.692. The average Bonchev–Trinajstić information content (AvgIpc) is 2.42. The molecule has 0 heterocycles. The van der Waals surface area contributed by atoms with Crippen LogP contribution in [-0.4, -0.2) is 33.6 Å². The van der Waals surface area contributed by atoms with E-state index < -0.39 is 5.60 Å². The molecule has 0 saturated heterocycles. The van der Waals surface area contributed by atoms with Gasteiger partial charge in [0, 0.05) is 0 Å². The van der Waals surface area contributed by atoms with Crippen LogP contribution >= 0.6 is 0 Å². The van der Waals surface area contributed by atoms with E-state index in [9.17, 15) is 10.2 Å². The van der Waals surface area contributed by atoms with Gasteiger partial charge in [0.2, 0.25) is 0 Å². The first-order valence-electron chi connectivity index (χ1n) is 9.22. The lowest BCUT2D eigenvalue weighted by atomic mass is 9.44. The van der Waals surface area contributed by atoms with Gasteiger partial charge in [-0.15, -0.1) is 0 Å². The largest absolute Gasteiger partial charge is 0.393 e. The van der Waals surface area contributed by atoms with E-state index in [1.807, 2.05) is 13.0 Å². The zero-order chi connectivity index (χ0) is 17.5. The lowest BCUT2D eigenvalue weighted by Crippen LogP contribution is -2.60. The summed E-state index contributed by atoms with van der Waals surface area (Å²) >= 11 is 0. The summed E-state index contributed by atoms with van der Waals surface area (Å²) in [5.74, 6) is 0.689. The fraction of sp³-hybridized carbons (Fsp3) is 0.900. The Hall–Kier alpha value is -0.380. The van der Waals surface area contributed by atoms with Crippen LogP contribution in [0.3, 0.4) is 0 Å². The van der Waals surface area contributed by atoms with Gasteiger partial charge in [-0.2, -0.15) is 0 Å². The van der Waals surface area contributed by atoms with Crippen molar-refractivity contribution in [3.05, 3.63) is 11.6 Å². The summed E-state index contributed by atoms with van der Waals surface area (Å²) in [4.78, 5) is 0. The second kappa shape index (κ2) is 6.50. The Bertz CT molecular complexity index is 452. The summed E-state index contributed by atoms with van der Waals surface area (Å²) in [5, 5.41) is 30.6. The van der Waals surface area contributed by atoms with Crippen molar-refractivity contribution in [2.75, 3.05) is 6.61 Å². The Balaban J connectivity index is 2.28. The van der Waals surface area contributed by atoms with Gasteiger partial charge in [-0.05, 0) is 75.0 Å². The van der Waals surface area contributed by atoms with Crippen LogP contribution in [0.25, 0.3) is 0 Å². The highest BCUT2D eigenvalue weighted by Crippen LogP contribution is 2.62. The number of hydrogen-bond acceptors (Lipinski definition) is 3. The van der Waals surface area contributed by atoms with E-state index in [2.05, 4.69) is 27.7 Å². The second-order valence-electron chi connectivity index (χ2n) is 9.15. The lowest BCUT2D eigenvalue weighted by molar-refractivity contribution is -0.195. The topological polar surface area (TPSA) is 60.7 Å². The molecule has 2 aliphatic rings. The average molecular weight is 325 g/mol.